The topological polar surface area (TPSA) is 29.3 Å². The molecule has 3 heteroatoms. The summed E-state index contributed by atoms with van der Waals surface area (Å²) in [5, 5.41) is 0. The predicted octanol–water partition coefficient (Wildman–Crippen LogP) is 3.26. The average Bonchev–Trinajstić information content (AvgIpc) is 2.15. The number of nitrogen functional groups attached to an aromatic ring is 1. The minimum absolute atomic E-state index is 0.826. The van der Waals surface area contributed by atoms with Crippen LogP contribution in [0.2, 0.25) is 0 Å². The van der Waals surface area contributed by atoms with Gasteiger partial charge in [0.15, 0.2) is 0 Å². The molecular weight excluding hydrogens is 252 g/mol. The zero-order valence-electron chi connectivity index (χ0n) is 9.46. The maximum atomic E-state index is 5.80. The Labute approximate surface area is 101 Å². The predicted molar refractivity (Wildman–Crippen MR) is 69.8 cm³/mol. The molecule has 0 atom stereocenters. The second kappa shape index (κ2) is 6.13. The molecule has 0 saturated carbocycles. The second-order valence-corrected chi connectivity index (χ2v) is 4.68. The van der Waals surface area contributed by atoms with E-state index < -0.39 is 0 Å². The first kappa shape index (κ1) is 12.5. The Morgan fingerprint density at radius 1 is 1.27 bits per heavy atom. The number of rotatable bonds is 5. The summed E-state index contributed by atoms with van der Waals surface area (Å²) < 4.78 is 1.06. The van der Waals surface area contributed by atoms with Gasteiger partial charge < -0.3 is 5.73 Å². The van der Waals surface area contributed by atoms with Crippen molar-refractivity contribution in [2.45, 2.75) is 26.8 Å². The van der Waals surface area contributed by atoms with Crippen LogP contribution in [0.3, 0.4) is 0 Å². The van der Waals surface area contributed by atoms with E-state index in [2.05, 4.69) is 40.7 Å². The van der Waals surface area contributed by atoms with Crippen LogP contribution in [0, 0.1) is 0 Å². The molecule has 0 radical (unpaired) electrons. The summed E-state index contributed by atoms with van der Waals surface area (Å²) >= 11 is 3.47. The van der Waals surface area contributed by atoms with E-state index >= 15 is 0 Å². The Hall–Kier alpha value is -0.540. The third kappa shape index (κ3) is 4.22. The van der Waals surface area contributed by atoms with Crippen LogP contribution in [0.25, 0.3) is 0 Å². The number of anilines is 1. The first-order valence-corrected chi connectivity index (χ1v) is 6.22. The molecule has 2 nitrogen and oxygen atoms in total. The first-order chi connectivity index (χ1) is 7.15. The maximum Gasteiger partial charge on any atom is 0.0328 e. The van der Waals surface area contributed by atoms with Crippen molar-refractivity contribution in [2.75, 3.05) is 18.8 Å². The Balaban J connectivity index is 2.69. The number of hydrogen-bond acceptors (Lipinski definition) is 2. The van der Waals surface area contributed by atoms with Crippen LogP contribution in [0.15, 0.2) is 22.7 Å². The molecule has 0 aliphatic heterocycles. The van der Waals surface area contributed by atoms with E-state index in [9.17, 15) is 0 Å². The van der Waals surface area contributed by atoms with E-state index in [1.807, 2.05) is 12.1 Å². The van der Waals surface area contributed by atoms with E-state index in [1.165, 1.54) is 12.0 Å². The van der Waals surface area contributed by atoms with Crippen molar-refractivity contribution in [3.63, 3.8) is 0 Å². The molecule has 0 aromatic heterocycles. The van der Waals surface area contributed by atoms with Crippen molar-refractivity contribution in [1.82, 2.24) is 4.90 Å². The Morgan fingerprint density at radius 3 is 2.53 bits per heavy atom. The monoisotopic (exact) mass is 270 g/mol. The highest BCUT2D eigenvalue weighted by Gasteiger charge is 2.03. The zero-order valence-corrected chi connectivity index (χ0v) is 11.0. The van der Waals surface area contributed by atoms with Crippen LogP contribution in [0.5, 0.6) is 0 Å². The molecule has 84 valence electrons. The zero-order chi connectivity index (χ0) is 11.3. The van der Waals surface area contributed by atoms with Gasteiger partial charge in [-0.05, 0) is 43.3 Å². The molecule has 1 rings (SSSR count). The summed E-state index contributed by atoms with van der Waals surface area (Å²) in [7, 11) is 0. The quantitative estimate of drug-likeness (QED) is 0.833. The van der Waals surface area contributed by atoms with E-state index in [-0.39, 0.29) is 0 Å². The average molecular weight is 271 g/mol. The number of halogens is 1. The summed E-state index contributed by atoms with van der Waals surface area (Å²) in [6.45, 7) is 7.60. The van der Waals surface area contributed by atoms with Gasteiger partial charge in [0, 0.05) is 16.7 Å². The van der Waals surface area contributed by atoms with Crippen LogP contribution in [0.1, 0.15) is 25.8 Å². The molecule has 1 aromatic carbocycles. The van der Waals surface area contributed by atoms with Crippen LogP contribution < -0.4 is 5.73 Å². The third-order valence-electron chi connectivity index (χ3n) is 2.37. The Kier molecular flexibility index (Phi) is 5.12. The highest BCUT2D eigenvalue weighted by atomic mass is 79.9. The molecule has 0 heterocycles. The van der Waals surface area contributed by atoms with Gasteiger partial charge in [0.2, 0.25) is 0 Å². The molecule has 1 aromatic rings. The largest absolute Gasteiger partial charge is 0.399 e. The lowest BCUT2D eigenvalue weighted by atomic mass is 10.2. The second-order valence-electron chi connectivity index (χ2n) is 3.76. The molecule has 0 spiro atoms. The lowest BCUT2D eigenvalue weighted by Crippen LogP contribution is -2.23. The van der Waals surface area contributed by atoms with Crippen molar-refractivity contribution in [2.24, 2.45) is 0 Å². The van der Waals surface area contributed by atoms with Gasteiger partial charge in [-0.25, -0.2) is 0 Å². The standard InChI is InChI=1S/C12H19BrN2/c1-3-5-15(4-2)9-10-6-11(13)8-12(14)7-10/h6-8H,3-5,9,14H2,1-2H3. The van der Waals surface area contributed by atoms with Gasteiger partial charge in [0.1, 0.15) is 0 Å². The van der Waals surface area contributed by atoms with E-state index in [4.69, 9.17) is 5.73 Å². The summed E-state index contributed by atoms with van der Waals surface area (Å²) in [5.74, 6) is 0. The van der Waals surface area contributed by atoms with Crippen LogP contribution >= 0.6 is 15.9 Å². The molecular formula is C12H19BrN2. The fraction of sp³-hybridized carbons (Fsp3) is 0.500. The lowest BCUT2D eigenvalue weighted by molar-refractivity contribution is 0.280. The van der Waals surface area contributed by atoms with Gasteiger partial charge in [-0.1, -0.05) is 29.8 Å². The van der Waals surface area contributed by atoms with Gasteiger partial charge in [-0.3, -0.25) is 4.90 Å². The van der Waals surface area contributed by atoms with E-state index in [0.717, 1.165) is 29.8 Å². The first-order valence-electron chi connectivity index (χ1n) is 5.43. The molecule has 0 aliphatic carbocycles. The van der Waals surface area contributed by atoms with Crippen LogP contribution in [-0.4, -0.2) is 18.0 Å². The van der Waals surface area contributed by atoms with Gasteiger partial charge >= 0.3 is 0 Å². The third-order valence-corrected chi connectivity index (χ3v) is 2.83. The van der Waals surface area contributed by atoms with Crippen LogP contribution in [0.4, 0.5) is 5.69 Å². The minimum atomic E-state index is 0.826. The number of nitrogens with two attached hydrogens (primary N) is 1. The smallest absolute Gasteiger partial charge is 0.0328 e. The Morgan fingerprint density at radius 2 is 2.00 bits per heavy atom. The highest BCUT2D eigenvalue weighted by Crippen LogP contribution is 2.18. The summed E-state index contributed by atoms with van der Waals surface area (Å²) in [6.07, 6.45) is 1.19. The normalized spacial score (nSPS) is 10.9. The summed E-state index contributed by atoms with van der Waals surface area (Å²) in [5.41, 5.74) is 7.90. The fourth-order valence-corrected chi connectivity index (χ4v) is 2.25. The van der Waals surface area contributed by atoms with Gasteiger partial charge in [0.05, 0.1) is 0 Å². The summed E-state index contributed by atoms with van der Waals surface area (Å²) in [6, 6.07) is 6.11. The molecule has 2 N–H and O–H groups in total. The fourth-order valence-electron chi connectivity index (χ4n) is 1.69. The van der Waals surface area contributed by atoms with E-state index in [0.29, 0.717) is 0 Å². The summed E-state index contributed by atoms with van der Waals surface area (Å²) in [4.78, 5) is 2.42. The van der Waals surface area contributed by atoms with Crippen molar-refractivity contribution in [3.05, 3.63) is 28.2 Å². The highest BCUT2D eigenvalue weighted by molar-refractivity contribution is 9.10. The SMILES string of the molecule is CCCN(CC)Cc1cc(N)cc(Br)c1. The molecule has 0 unspecified atom stereocenters. The van der Waals surface area contributed by atoms with Gasteiger partial charge in [-0.2, -0.15) is 0 Å². The maximum absolute atomic E-state index is 5.80. The number of nitrogens with zero attached hydrogens (tertiary/aromatic N) is 1. The molecule has 0 saturated heterocycles. The van der Waals surface area contributed by atoms with Crippen molar-refractivity contribution in [1.29, 1.82) is 0 Å². The molecule has 0 aliphatic rings. The van der Waals surface area contributed by atoms with Crippen molar-refractivity contribution >= 4 is 21.6 Å². The molecule has 15 heavy (non-hydrogen) atoms. The van der Waals surface area contributed by atoms with Crippen molar-refractivity contribution in [3.8, 4) is 0 Å². The van der Waals surface area contributed by atoms with Gasteiger partial charge in [0.25, 0.3) is 0 Å². The number of hydrogen-bond donors (Lipinski definition) is 1. The van der Waals surface area contributed by atoms with E-state index in [1.54, 1.807) is 0 Å². The van der Waals surface area contributed by atoms with Crippen LogP contribution in [-0.2, 0) is 6.54 Å². The molecule has 0 fully saturated rings. The molecule has 0 bridgehead atoms. The number of benzene rings is 1. The Bertz CT molecular complexity index is 292. The molecule has 0 amide bonds. The minimum Gasteiger partial charge on any atom is -0.399 e. The lowest BCUT2D eigenvalue weighted by Gasteiger charge is -2.19. The van der Waals surface area contributed by atoms with Gasteiger partial charge in [-0.15, -0.1) is 0 Å². The van der Waals surface area contributed by atoms with Crippen molar-refractivity contribution < 1.29 is 0 Å².